The van der Waals surface area contributed by atoms with Crippen LogP contribution in [0.5, 0.6) is 0 Å². The third-order valence-electron chi connectivity index (χ3n) is 13.9. The third-order valence-corrected chi connectivity index (χ3v) is 33.1. The minimum atomic E-state index is -2.77. The maximum absolute atomic E-state index is 6.80. The second-order valence-electron chi connectivity index (χ2n) is 20.3. The Hall–Kier alpha value is -3.40. The summed E-state index contributed by atoms with van der Waals surface area (Å²) in [6.45, 7) is 37.0. The minimum Gasteiger partial charge on any atom is -1.00 e. The molecule has 0 bridgehead atoms. The fourth-order valence-electron chi connectivity index (χ4n) is 9.82. The molecule has 322 valence electrons. The Balaban J connectivity index is 0.00000321. The summed E-state index contributed by atoms with van der Waals surface area (Å²) in [5, 5.41) is 0. The van der Waals surface area contributed by atoms with E-state index in [1.165, 1.54) is 100 Å². The van der Waals surface area contributed by atoms with Crippen molar-refractivity contribution < 1.29 is 54.0 Å². The second-order valence-corrected chi connectivity index (χ2v) is 38.1. The average Bonchev–Trinajstić information content (AvgIpc) is 3.92. The van der Waals surface area contributed by atoms with Crippen LogP contribution in [0.3, 0.4) is 0 Å². The van der Waals surface area contributed by atoms with Crippen molar-refractivity contribution in [2.24, 2.45) is 0 Å². The average molecular weight is 959 g/mol. The Kier molecular flexibility index (Phi) is 13.6. The number of benzene rings is 4. The van der Waals surface area contributed by atoms with Crippen molar-refractivity contribution >= 4 is 28.7 Å². The molecule has 6 aromatic rings. The Morgan fingerprint density at radius 3 is 1.10 bits per heavy atom. The maximum Gasteiger partial charge on any atom is -1.00 e. The van der Waals surface area contributed by atoms with Crippen LogP contribution in [0.2, 0.25) is 13.1 Å². The van der Waals surface area contributed by atoms with E-state index in [0.717, 1.165) is 23.0 Å². The Morgan fingerprint density at radius 1 is 0.484 bits per heavy atom. The molecule has 0 fully saturated rings. The molecule has 0 saturated carbocycles. The SMILES string of the molecule is Cc1cc(C2=Cc3c(cc(C)c(C)c3-c3ccc(C(C)(C)C)cc3)[CH]2[Zr+2]([CH]2C(c3cc(C)c(C)o3)=Cc3c2cc(C)c(C)c3-c2ccc(C(C)(C)C)cc2)=[Si](C)C)oc1C.[Cl-].[Cl-]. The van der Waals surface area contributed by atoms with Gasteiger partial charge in [-0.1, -0.05) is 0 Å². The normalized spacial score (nSPS) is 15.5. The zero-order valence-corrected chi connectivity index (χ0v) is 44.8. The van der Waals surface area contributed by atoms with Crippen LogP contribution >= 0.6 is 0 Å². The number of fused-ring (bicyclic) bond motifs is 2. The van der Waals surface area contributed by atoms with E-state index in [-0.39, 0.29) is 35.6 Å². The van der Waals surface area contributed by atoms with Crippen LogP contribution in [0.15, 0.2) is 81.6 Å². The van der Waals surface area contributed by atoms with E-state index in [1.807, 2.05) is 0 Å². The zero-order chi connectivity index (χ0) is 43.3. The Labute approximate surface area is 392 Å². The van der Waals surface area contributed by atoms with E-state index in [1.54, 1.807) is 0 Å². The zero-order valence-electron chi connectivity index (χ0n) is 39.8. The second kappa shape index (κ2) is 17.5. The van der Waals surface area contributed by atoms with Gasteiger partial charge < -0.3 is 24.8 Å². The van der Waals surface area contributed by atoms with Crippen LogP contribution in [0, 0.1) is 55.4 Å². The van der Waals surface area contributed by atoms with Gasteiger partial charge in [-0.25, -0.2) is 0 Å². The molecule has 0 aliphatic heterocycles. The minimum absolute atomic E-state index is 0. The van der Waals surface area contributed by atoms with Crippen molar-refractivity contribution in [1.29, 1.82) is 0 Å². The van der Waals surface area contributed by atoms with E-state index in [4.69, 9.17) is 8.83 Å². The number of furan rings is 2. The van der Waals surface area contributed by atoms with Crippen LogP contribution in [-0.2, 0) is 31.2 Å². The third kappa shape index (κ3) is 8.37. The van der Waals surface area contributed by atoms with Crippen molar-refractivity contribution in [3.05, 3.63) is 163 Å². The number of allylic oxidation sites excluding steroid dienone is 2. The monoisotopic (exact) mass is 956 g/mol. The van der Waals surface area contributed by atoms with E-state index in [9.17, 15) is 0 Å². The molecule has 6 heteroatoms. The van der Waals surface area contributed by atoms with Crippen molar-refractivity contribution in [2.75, 3.05) is 0 Å². The van der Waals surface area contributed by atoms with Crippen LogP contribution in [0.1, 0.15) is 139 Å². The van der Waals surface area contributed by atoms with Crippen LogP contribution in [0.4, 0.5) is 0 Å². The Morgan fingerprint density at radius 2 is 0.823 bits per heavy atom. The molecule has 0 amide bonds. The molecule has 0 N–H and O–H groups in total. The molecular formula is C56H64Cl2O2SiZr. The van der Waals surface area contributed by atoms with Gasteiger partial charge >= 0.3 is 371 Å². The van der Waals surface area contributed by atoms with Gasteiger partial charge in [-0.3, -0.25) is 0 Å². The summed E-state index contributed by atoms with van der Waals surface area (Å²) in [7, 11) is 0. The van der Waals surface area contributed by atoms with E-state index < -0.39 is 25.8 Å². The first-order chi connectivity index (χ1) is 28.1. The van der Waals surface area contributed by atoms with Gasteiger partial charge in [0.2, 0.25) is 0 Å². The summed E-state index contributed by atoms with van der Waals surface area (Å²) in [6.07, 6.45) is 5.12. The number of aryl methyl sites for hydroxylation is 6. The van der Waals surface area contributed by atoms with Gasteiger partial charge in [0.25, 0.3) is 0 Å². The molecule has 0 spiro atoms. The number of hydrogen-bond acceptors (Lipinski definition) is 2. The molecule has 2 aromatic heterocycles. The van der Waals surface area contributed by atoms with Gasteiger partial charge in [0.05, 0.1) is 0 Å². The smallest absolute Gasteiger partial charge is 1.00 e. The molecule has 2 unspecified atom stereocenters. The fourth-order valence-corrected chi connectivity index (χ4v) is 29.6. The molecule has 0 saturated heterocycles. The molecule has 2 atom stereocenters. The predicted molar refractivity (Wildman–Crippen MR) is 255 cm³/mol. The first kappa shape index (κ1) is 48.1. The summed E-state index contributed by atoms with van der Waals surface area (Å²) in [5.41, 5.74) is 23.9. The maximum atomic E-state index is 6.80. The Bertz CT molecular complexity index is 2580. The van der Waals surface area contributed by atoms with Crippen LogP contribution in [0.25, 0.3) is 45.6 Å². The van der Waals surface area contributed by atoms with Crippen molar-refractivity contribution in [1.82, 2.24) is 0 Å². The number of rotatable bonds is 6. The van der Waals surface area contributed by atoms with Crippen LogP contribution in [-0.4, -0.2) is 5.43 Å². The largest absolute Gasteiger partial charge is 1.00 e. The van der Waals surface area contributed by atoms with Crippen molar-refractivity contribution in [3.8, 4) is 22.3 Å². The van der Waals surface area contributed by atoms with Crippen molar-refractivity contribution in [2.45, 2.75) is 128 Å². The van der Waals surface area contributed by atoms with Gasteiger partial charge in [0.1, 0.15) is 0 Å². The molecule has 2 aliphatic rings. The van der Waals surface area contributed by atoms with Gasteiger partial charge in [-0.2, -0.15) is 0 Å². The van der Waals surface area contributed by atoms with Gasteiger partial charge in [-0.15, -0.1) is 0 Å². The fraction of sp³-hybridized carbons (Fsp3) is 0.357. The summed E-state index contributed by atoms with van der Waals surface area (Å²) < 4.78 is 14.2. The predicted octanol–water partition coefficient (Wildman–Crippen LogP) is 10.0. The van der Waals surface area contributed by atoms with E-state index in [2.05, 4.69) is 195 Å². The molecule has 4 aromatic carbocycles. The van der Waals surface area contributed by atoms with E-state index >= 15 is 0 Å². The first-order valence-electron chi connectivity index (χ1n) is 21.9. The first-order valence-corrected chi connectivity index (χ1v) is 30.9. The summed E-state index contributed by atoms with van der Waals surface area (Å²) in [4.78, 5) is 0. The van der Waals surface area contributed by atoms with Gasteiger partial charge in [0, 0.05) is 0 Å². The molecule has 8 rings (SSSR count). The molecule has 62 heavy (non-hydrogen) atoms. The van der Waals surface area contributed by atoms with Gasteiger partial charge in [0.15, 0.2) is 0 Å². The standard InChI is InChI=1S/2C27H29O.C2H6Si.2ClH.Zr/c2*1-16-12-21-14-22(25-13-17(2)19(4)28-25)15-24(21)26(18(16)3)20-8-10-23(11-9-20)27(5,6)7;1-3-2;;;/h2*8-15H,1-7H3;1-2H3;2*1H;/q;;;;;+2/p-2. The van der Waals surface area contributed by atoms with Gasteiger partial charge in [-0.05, 0) is 0 Å². The van der Waals surface area contributed by atoms with E-state index in [0.29, 0.717) is 7.25 Å². The molecule has 0 radical (unpaired) electrons. The molecule has 2 heterocycles. The molecule has 2 nitrogen and oxygen atoms in total. The summed E-state index contributed by atoms with van der Waals surface area (Å²) >= 11 is -2.77. The molecule has 2 aliphatic carbocycles. The summed E-state index contributed by atoms with van der Waals surface area (Å²) in [5.74, 6) is 4.11. The van der Waals surface area contributed by atoms with Crippen molar-refractivity contribution in [3.63, 3.8) is 0 Å². The van der Waals surface area contributed by atoms with Crippen LogP contribution < -0.4 is 24.8 Å². The summed E-state index contributed by atoms with van der Waals surface area (Å²) in [6, 6.07) is 28.7. The number of halogens is 2. The topological polar surface area (TPSA) is 26.3 Å². The number of hydrogen-bond donors (Lipinski definition) is 0. The molecular weight excluding hydrogens is 895 g/mol. The quantitative estimate of drug-likeness (QED) is 0.156.